The van der Waals surface area contributed by atoms with E-state index >= 15 is 0 Å². The van der Waals surface area contributed by atoms with E-state index in [-0.39, 0.29) is 0 Å². The average Bonchev–Trinajstić information content (AvgIpc) is 2.48. The van der Waals surface area contributed by atoms with Gasteiger partial charge in [0.15, 0.2) is 0 Å². The molecule has 0 aromatic heterocycles. The number of ether oxygens (including phenoxy) is 1. The van der Waals surface area contributed by atoms with Crippen LogP contribution in [0.25, 0.3) is 0 Å². The van der Waals surface area contributed by atoms with Crippen molar-refractivity contribution in [2.24, 2.45) is 0 Å². The van der Waals surface area contributed by atoms with E-state index < -0.39 is 16.2 Å². The monoisotopic (exact) mass is 298 g/mol. The van der Waals surface area contributed by atoms with Crippen molar-refractivity contribution >= 4 is 21.9 Å². The first-order valence-corrected chi connectivity index (χ1v) is 7.93. The van der Waals surface area contributed by atoms with Crippen LogP contribution in [0.15, 0.2) is 24.3 Å². The predicted molar refractivity (Wildman–Crippen MR) is 75.7 cm³/mol. The van der Waals surface area contributed by atoms with Gasteiger partial charge in [0.2, 0.25) is 0 Å². The number of piperidine rings is 1. The Kier molecular flexibility index (Phi) is 4.61. The normalized spacial score (nSPS) is 16.6. The number of hydrogen-bond donors (Lipinski definition) is 1. The molecule has 1 fully saturated rings. The second-order valence-corrected chi connectivity index (χ2v) is 6.31. The van der Waals surface area contributed by atoms with Crippen LogP contribution in [0.2, 0.25) is 0 Å². The van der Waals surface area contributed by atoms with Gasteiger partial charge in [-0.25, -0.2) is 4.79 Å². The number of rotatable bonds is 4. The molecule has 1 aromatic carbocycles. The topological polar surface area (TPSA) is 75.7 Å². The number of nitrogens with one attached hydrogen (secondary N) is 1. The van der Waals surface area contributed by atoms with Gasteiger partial charge in [0.1, 0.15) is 0 Å². The molecule has 1 saturated heterocycles. The minimum atomic E-state index is -3.51. The molecule has 6 nitrogen and oxygen atoms in total. The third kappa shape index (κ3) is 3.49. The Morgan fingerprint density at radius 3 is 2.30 bits per heavy atom. The van der Waals surface area contributed by atoms with Crippen molar-refractivity contribution in [2.75, 3.05) is 24.9 Å². The Labute approximate surface area is 118 Å². The molecule has 0 radical (unpaired) electrons. The Bertz CT molecular complexity index is 563. The molecule has 1 aliphatic rings. The second kappa shape index (κ2) is 6.23. The fraction of sp³-hybridized carbons (Fsp3) is 0.462. The van der Waals surface area contributed by atoms with Crippen molar-refractivity contribution < 1.29 is 17.9 Å². The van der Waals surface area contributed by atoms with E-state index in [4.69, 9.17) is 0 Å². The zero-order valence-electron chi connectivity index (χ0n) is 11.3. The molecule has 1 N–H and O–H groups in total. The molecular formula is C13H18N2O4S. The summed E-state index contributed by atoms with van der Waals surface area (Å²) in [5.74, 6) is -0.449. The maximum Gasteiger partial charge on any atom is 0.337 e. The lowest BCUT2D eigenvalue weighted by Gasteiger charge is -2.26. The van der Waals surface area contributed by atoms with E-state index in [1.165, 1.54) is 23.5 Å². The molecule has 1 aromatic rings. The summed E-state index contributed by atoms with van der Waals surface area (Å²) in [6.07, 6.45) is 2.85. The minimum Gasteiger partial charge on any atom is -0.465 e. The maximum atomic E-state index is 12.2. The van der Waals surface area contributed by atoms with Crippen LogP contribution in [0.4, 0.5) is 5.69 Å². The quantitative estimate of drug-likeness (QED) is 0.857. The molecule has 0 aliphatic carbocycles. The minimum absolute atomic E-state index is 0.383. The van der Waals surface area contributed by atoms with Crippen molar-refractivity contribution in [3.05, 3.63) is 29.8 Å². The summed E-state index contributed by atoms with van der Waals surface area (Å²) in [6, 6.07) is 6.15. The molecule has 0 unspecified atom stereocenters. The number of carbonyl (C=O) groups is 1. The first kappa shape index (κ1) is 14.8. The molecule has 1 heterocycles. The maximum absolute atomic E-state index is 12.2. The molecule has 7 heteroatoms. The predicted octanol–water partition coefficient (Wildman–Crippen LogP) is 1.62. The van der Waals surface area contributed by atoms with Gasteiger partial charge in [-0.15, -0.1) is 0 Å². The van der Waals surface area contributed by atoms with Crippen molar-refractivity contribution in [2.45, 2.75) is 19.3 Å². The van der Waals surface area contributed by atoms with Crippen LogP contribution in [0, 0.1) is 0 Å². The molecular weight excluding hydrogens is 280 g/mol. The van der Waals surface area contributed by atoms with Crippen LogP contribution in [0.5, 0.6) is 0 Å². The van der Waals surface area contributed by atoms with E-state index in [2.05, 4.69) is 9.46 Å². The first-order valence-electron chi connectivity index (χ1n) is 6.49. The van der Waals surface area contributed by atoms with Crippen LogP contribution in [0.1, 0.15) is 29.6 Å². The van der Waals surface area contributed by atoms with Gasteiger partial charge < -0.3 is 4.74 Å². The molecule has 1 aliphatic heterocycles. The lowest BCUT2D eigenvalue weighted by atomic mass is 10.2. The van der Waals surface area contributed by atoms with Crippen molar-refractivity contribution in [3.8, 4) is 0 Å². The molecule has 2 rings (SSSR count). The summed E-state index contributed by atoms with van der Waals surface area (Å²) < 4.78 is 32.9. The van der Waals surface area contributed by atoms with E-state index in [0.29, 0.717) is 24.3 Å². The summed E-state index contributed by atoms with van der Waals surface area (Å²) in [4.78, 5) is 11.3. The molecule has 20 heavy (non-hydrogen) atoms. The summed E-state index contributed by atoms with van der Waals surface area (Å²) in [5.41, 5.74) is 0.816. The van der Waals surface area contributed by atoms with Gasteiger partial charge in [0.05, 0.1) is 12.7 Å². The van der Waals surface area contributed by atoms with E-state index in [9.17, 15) is 13.2 Å². The van der Waals surface area contributed by atoms with Gasteiger partial charge >= 0.3 is 16.2 Å². The van der Waals surface area contributed by atoms with Crippen LogP contribution >= 0.6 is 0 Å². The van der Waals surface area contributed by atoms with Gasteiger partial charge in [0.25, 0.3) is 0 Å². The Balaban J connectivity index is 2.07. The fourth-order valence-corrected chi connectivity index (χ4v) is 3.41. The van der Waals surface area contributed by atoms with Gasteiger partial charge in [-0.1, -0.05) is 6.42 Å². The molecule has 0 atom stereocenters. The highest BCUT2D eigenvalue weighted by atomic mass is 32.2. The Morgan fingerprint density at radius 2 is 1.75 bits per heavy atom. The van der Waals surface area contributed by atoms with Crippen molar-refractivity contribution in [1.29, 1.82) is 0 Å². The summed E-state index contributed by atoms with van der Waals surface area (Å²) in [6.45, 7) is 1.10. The number of carbonyl (C=O) groups excluding carboxylic acids is 1. The number of esters is 1. The van der Waals surface area contributed by atoms with Crippen molar-refractivity contribution in [3.63, 3.8) is 0 Å². The highest BCUT2D eigenvalue weighted by Gasteiger charge is 2.23. The zero-order chi connectivity index (χ0) is 14.6. The van der Waals surface area contributed by atoms with Crippen LogP contribution in [-0.4, -0.2) is 38.9 Å². The number of anilines is 1. The molecule has 0 spiro atoms. The van der Waals surface area contributed by atoms with Gasteiger partial charge in [-0.05, 0) is 37.1 Å². The summed E-state index contributed by atoms with van der Waals surface area (Å²) in [7, 11) is -2.21. The zero-order valence-corrected chi connectivity index (χ0v) is 12.1. The molecule has 0 saturated carbocycles. The van der Waals surface area contributed by atoms with E-state index in [1.54, 1.807) is 12.1 Å². The molecule has 0 bridgehead atoms. The van der Waals surface area contributed by atoms with Crippen LogP contribution in [0.3, 0.4) is 0 Å². The van der Waals surface area contributed by atoms with Crippen LogP contribution in [-0.2, 0) is 14.9 Å². The summed E-state index contributed by atoms with van der Waals surface area (Å²) >= 11 is 0. The Morgan fingerprint density at radius 1 is 1.15 bits per heavy atom. The number of hydrogen-bond acceptors (Lipinski definition) is 4. The smallest absolute Gasteiger partial charge is 0.337 e. The largest absolute Gasteiger partial charge is 0.465 e. The third-order valence-electron chi connectivity index (χ3n) is 3.21. The first-order chi connectivity index (χ1) is 9.53. The van der Waals surface area contributed by atoms with E-state index in [0.717, 1.165) is 19.3 Å². The summed E-state index contributed by atoms with van der Waals surface area (Å²) in [5, 5.41) is 0. The highest BCUT2D eigenvalue weighted by Crippen LogP contribution is 2.17. The number of methoxy groups -OCH3 is 1. The lowest BCUT2D eigenvalue weighted by molar-refractivity contribution is 0.0601. The second-order valence-electron chi connectivity index (χ2n) is 4.64. The lowest BCUT2D eigenvalue weighted by Crippen LogP contribution is -2.39. The van der Waals surface area contributed by atoms with Gasteiger partial charge in [0, 0.05) is 18.8 Å². The van der Waals surface area contributed by atoms with Crippen LogP contribution < -0.4 is 4.72 Å². The third-order valence-corrected chi connectivity index (χ3v) is 4.75. The Hall–Kier alpha value is -1.60. The van der Waals surface area contributed by atoms with Gasteiger partial charge in [-0.2, -0.15) is 12.7 Å². The molecule has 0 amide bonds. The SMILES string of the molecule is COC(=O)c1ccc(NS(=O)(=O)N2CCCCC2)cc1. The van der Waals surface area contributed by atoms with E-state index in [1.807, 2.05) is 0 Å². The average molecular weight is 298 g/mol. The standard InChI is InChI=1S/C13H18N2O4S/c1-19-13(16)11-5-7-12(8-6-11)14-20(17,18)15-9-3-2-4-10-15/h5-8,14H,2-4,9-10H2,1H3. The highest BCUT2D eigenvalue weighted by molar-refractivity contribution is 7.90. The fourth-order valence-electron chi connectivity index (χ4n) is 2.11. The number of nitrogens with zero attached hydrogens (tertiary/aromatic N) is 1. The molecule has 110 valence electrons. The van der Waals surface area contributed by atoms with Gasteiger partial charge in [-0.3, -0.25) is 4.72 Å². The number of benzene rings is 1. The van der Waals surface area contributed by atoms with Crippen molar-refractivity contribution in [1.82, 2.24) is 4.31 Å².